The van der Waals surface area contributed by atoms with Crippen molar-refractivity contribution in [1.82, 2.24) is 0 Å². The highest BCUT2D eigenvalue weighted by Gasteiger charge is 2.15. The number of aryl methyl sites for hydroxylation is 2. The summed E-state index contributed by atoms with van der Waals surface area (Å²) in [5.41, 5.74) is 3.43. The molecule has 136 valence electrons. The molecule has 5 nitrogen and oxygen atoms in total. The Morgan fingerprint density at radius 1 is 1.04 bits per heavy atom. The quantitative estimate of drug-likeness (QED) is 0.803. The molecule has 1 aliphatic carbocycles. The van der Waals surface area contributed by atoms with Crippen molar-refractivity contribution in [2.45, 2.75) is 32.6 Å². The fourth-order valence-electron chi connectivity index (χ4n) is 3.11. The third-order valence-corrected chi connectivity index (χ3v) is 4.39. The van der Waals surface area contributed by atoms with Crippen molar-refractivity contribution < 1.29 is 19.1 Å². The molecule has 0 heterocycles. The van der Waals surface area contributed by atoms with Crippen LogP contribution in [0.15, 0.2) is 42.5 Å². The van der Waals surface area contributed by atoms with Gasteiger partial charge in [0.1, 0.15) is 5.75 Å². The third kappa shape index (κ3) is 4.42. The van der Waals surface area contributed by atoms with Gasteiger partial charge >= 0.3 is 5.97 Å². The van der Waals surface area contributed by atoms with Gasteiger partial charge in [-0.2, -0.15) is 0 Å². The number of carbonyl (C=O) groups excluding carboxylic acids is 2. The lowest BCUT2D eigenvalue weighted by atomic mass is 9.92. The number of rotatable bonds is 6. The van der Waals surface area contributed by atoms with Crippen molar-refractivity contribution in [3.05, 3.63) is 59.2 Å². The fourth-order valence-corrected chi connectivity index (χ4v) is 3.11. The first-order chi connectivity index (χ1) is 12.7. The normalized spacial score (nSPS) is 12.8. The highest BCUT2D eigenvalue weighted by molar-refractivity contribution is 6.01. The van der Waals surface area contributed by atoms with Gasteiger partial charge in [-0.1, -0.05) is 18.2 Å². The summed E-state index contributed by atoms with van der Waals surface area (Å²) in [5.74, 6) is -0.0852. The minimum Gasteiger partial charge on any atom is -0.484 e. The SMILES string of the molecule is CCOC(=O)c1ccccc1NC(=O)COc1ccc2c(c1)CCCC2. The molecule has 26 heavy (non-hydrogen) atoms. The summed E-state index contributed by atoms with van der Waals surface area (Å²) in [7, 11) is 0. The summed E-state index contributed by atoms with van der Waals surface area (Å²) >= 11 is 0. The number of anilines is 1. The van der Waals surface area contributed by atoms with E-state index in [4.69, 9.17) is 9.47 Å². The molecule has 1 aliphatic rings. The van der Waals surface area contributed by atoms with Gasteiger partial charge in [0.2, 0.25) is 0 Å². The maximum Gasteiger partial charge on any atom is 0.340 e. The predicted molar refractivity (Wildman–Crippen MR) is 99.6 cm³/mol. The van der Waals surface area contributed by atoms with E-state index < -0.39 is 5.97 Å². The molecule has 0 spiro atoms. The summed E-state index contributed by atoms with van der Waals surface area (Å²) in [6.45, 7) is 1.91. The van der Waals surface area contributed by atoms with Crippen LogP contribution in [0.3, 0.4) is 0 Å². The Labute approximate surface area is 153 Å². The van der Waals surface area contributed by atoms with Crippen molar-refractivity contribution in [1.29, 1.82) is 0 Å². The van der Waals surface area contributed by atoms with E-state index in [-0.39, 0.29) is 19.1 Å². The largest absolute Gasteiger partial charge is 0.484 e. The topological polar surface area (TPSA) is 64.6 Å². The Bertz CT molecular complexity index is 800. The van der Waals surface area contributed by atoms with Crippen LogP contribution in [-0.4, -0.2) is 25.1 Å². The smallest absolute Gasteiger partial charge is 0.340 e. The van der Waals surface area contributed by atoms with Crippen molar-refractivity contribution in [3.63, 3.8) is 0 Å². The highest BCUT2D eigenvalue weighted by Crippen LogP contribution is 2.25. The van der Waals surface area contributed by atoms with Crippen molar-refractivity contribution in [3.8, 4) is 5.75 Å². The zero-order valence-corrected chi connectivity index (χ0v) is 14.9. The molecule has 0 aromatic heterocycles. The first-order valence-corrected chi connectivity index (χ1v) is 8.98. The lowest BCUT2D eigenvalue weighted by Crippen LogP contribution is -2.22. The Kier molecular flexibility index (Phi) is 5.89. The summed E-state index contributed by atoms with van der Waals surface area (Å²) < 4.78 is 10.6. The van der Waals surface area contributed by atoms with Gasteiger partial charge in [0, 0.05) is 0 Å². The number of esters is 1. The first-order valence-electron chi connectivity index (χ1n) is 8.98. The van der Waals surface area contributed by atoms with Crippen LogP contribution < -0.4 is 10.1 Å². The average Bonchev–Trinajstić information content (AvgIpc) is 2.67. The minimum absolute atomic E-state index is 0.115. The molecule has 5 heteroatoms. The van der Waals surface area contributed by atoms with Crippen LogP contribution in [0, 0.1) is 0 Å². The summed E-state index contributed by atoms with van der Waals surface area (Å²) in [4.78, 5) is 24.2. The Morgan fingerprint density at radius 3 is 2.62 bits per heavy atom. The van der Waals surface area contributed by atoms with Gasteiger partial charge in [-0.05, 0) is 68.0 Å². The highest BCUT2D eigenvalue weighted by atomic mass is 16.5. The average molecular weight is 353 g/mol. The molecule has 0 saturated heterocycles. The van der Waals surface area contributed by atoms with Gasteiger partial charge in [0.05, 0.1) is 17.9 Å². The third-order valence-electron chi connectivity index (χ3n) is 4.39. The lowest BCUT2D eigenvalue weighted by Gasteiger charge is -2.17. The number of hydrogen-bond acceptors (Lipinski definition) is 4. The number of benzene rings is 2. The van der Waals surface area contributed by atoms with E-state index in [1.165, 1.54) is 24.0 Å². The van der Waals surface area contributed by atoms with E-state index >= 15 is 0 Å². The van der Waals surface area contributed by atoms with Gasteiger partial charge < -0.3 is 14.8 Å². The van der Waals surface area contributed by atoms with Crippen molar-refractivity contribution >= 4 is 17.6 Å². The molecule has 0 bridgehead atoms. The number of para-hydroxylation sites is 1. The van der Waals surface area contributed by atoms with Gasteiger partial charge in [-0.3, -0.25) is 4.79 Å². The zero-order valence-electron chi connectivity index (χ0n) is 14.9. The fraction of sp³-hybridized carbons (Fsp3) is 0.333. The second kappa shape index (κ2) is 8.52. The van der Waals surface area contributed by atoms with Crippen LogP contribution in [0.2, 0.25) is 0 Å². The number of ether oxygens (including phenoxy) is 2. The lowest BCUT2D eigenvalue weighted by molar-refractivity contribution is -0.118. The van der Waals surface area contributed by atoms with E-state index in [1.54, 1.807) is 31.2 Å². The van der Waals surface area contributed by atoms with Gasteiger partial charge in [-0.15, -0.1) is 0 Å². The van der Waals surface area contributed by atoms with Crippen LogP contribution in [0.5, 0.6) is 5.75 Å². The molecule has 0 fully saturated rings. The maximum absolute atomic E-state index is 12.2. The predicted octanol–water partition coefficient (Wildman–Crippen LogP) is 3.76. The molecule has 3 rings (SSSR count). The molecule has 0 atom stereocenters. The second-order valence-corrected chi connectivity index (χ2v) is 6.24. The van der Waals surface area contributed by atoms with Crippen molar-refractivity contribution in [2.24, 2.45) is 0 Å². The Balaban J connectivity index is 1.60. The van der Waals surface area contributed by atoms with Crippen LogP contribution in [-0.2, 0) is 22.4 Å². The molecule has 2 aromatic carbocycles. The van der Waals surface area contributed by atoms with Crippen LogP contribution in [0.1, 0.15) is 41.3 Å². The summed E-state index contributed by atoms with van der Waals surface area (Å²) in [6.07, 6.45) is 4.60. The molecule has 1 N–H and O–H groups in total. The molecular formula is C21H23NO4. The van der Waals surface area contributed by atoms with E-state index in [2.05, 4.69) is 11.4 Å². The number of carbonyl (C=O) groups is 2. The van der Waals surface area contributed by atoms with E-state index in [0.29, 0.717) is 17.0 Å². The standard InChI is InChI=1S/C21H23NO4/c1-2-25-21(24)18-9-5-6-10-19(18)22-20(23)14-26-17-12-11-15-7-3-4-8-16(15)13-17/h5-6,9-13H,2-4,7-8,14H2,1H3,(H,22,23). The first kappa shape index (κ1) is 18.0. The zero-order chi connectivity index (χ0) is 18.4. The number of amides is 1. The number of fused-ring (bicyclic) bond motifs is 1. The van der Waals surface area contributed by atoms with Crippen LogP contribution >= 0.6 is 0 Å². The molecule has 2 aromatic rings. The maximum atomic E-state index is 12.2. The van der Waals surface area contributed by atoms with Gasteiger partial charge in [0.15, 0.2) is 6.61 Å². The summed E-state index contributed by atoms with van der Waals surface area (Å²) in [5, 5.41) is 2.72. The van der Waals surface area contributed by atoms with Crippen LogP contribution in [0.4, 0.5) is 5.69 Å². The molecule has 0 saturated carbocycles. The van der Waals surface area contributed by atoms with E-state index in [0.717, 1.165) is 12.8 Å². The Hall–Kier alpha value is -2.82. The van der Waals surface area contributed by atoms with E-state index in [1.807, 2.05) is 12.1 Å². The van der Waals surface area contributed by atoms with Crippen LogP contribution in [0.25, 0.3) is 0 Å². The second-order valence-electron chi connectivity index (χ2n) is 6.24. The van der Waals surface area contributed by atoms with Gasteiger partial charge in [-0.25, -0.2) is 4.79 Å². The number of nitrogens with one attached hydrogen (secondary N) is 1. The minimum atomic E-state index is -0.459. The van der Waals surface area contributed by atoms with Crippen molar-refractivity contribution in [2.75, 3.05) is 18.5 Å². The molecule has 0 radical (unpaired) electrons. The number of hydrogen-bond donors (Lipinski definition) is 1. The summed E-state index contributed by atoms with van der Waals surface area (Å²) in [6, 6.07) is 12.8. The molecule has 0 aliphatic heterocycles. The molecule has 0 unspecified atom stereocenters. The van der Waals surface area contributed by atoms with Gasteiger partial charge in [0.25, 0.3) is 5.91 Å². The Morgan fingerprint density at radius 2 is 1.81 bits per heavy atom. The molecule has 1 amide bonds. The monoisotopic (exact) mass is 353 g/mol. The molecular weight excluding hydrogens is 330 g/mol. The van der Waals surface area contributed by atoms with E-state index in [9.17, 15) is 9.59 Å².